The molecule has 2 rings (SSSR count). The summed E-state index contributed by atoms with van der Waals surface area (Å²) in [6.07, 6.45) is 9.12. The quantitative estimate of drug-likeness (QED) is 0.868. The molecule has 2 heterocycles. The molecule has 114 valence electrons. The van der Waals surface area contributed by atoms with Gasteiger partial charge in [0.1, 0.15) is 5.82 Å². The van der Waals surface area contributed by atoms with E-state index in [-0.39, 0.29) is 11.6 Å². The lowest BCUT2D eigenvalue weighted by Crippen LogP contribution is -2.55. The molecule has 4 nitrogen and oxygen atoms in total. The minimum Gasteiger partial charge on any atom is -0.337 e. The number of aryl methyl sites for hydroxylation is 1. The molecule has 0 aromatic carbocycles. The first-order chi connectivity index (χ1) is 9.57. The first-order valence-corrected chi connectivity index (χ1v) is 8.03. The number of nitrogens with zero attached hydrogens (tertiary/aromatic N) is 3. The fourth-order valence-corrected chi connectivity index (χ4v) is 3.25. The second-order valence-electron chi connectivity index (χ2n) is 6.48. The third-order valence-electron chi connectivity index (χ3n) is 4.59. The van der Waals surface area contributed by atoms with Crippen molar-refractivity contribution in [1.82, 2.24) is 19.8 Å². The standard InChI is InChI=1S/C16H30N4/c1-5-9-17-14(15-18-10-13-19(15)4)16(2,3)20-11-7-6-8-12-20/h10,13-14,17H,5-9,11-12H2,1-4H3. The maximum atomic E-state index is 4.60. The number of nitrogens with one attached hydrogen (secondary N) is 1. The van der Waals surface area contributed by atoms with Gasteiger partial charge in [0.05, 0.1) is 6.04 Å². The Bertz CT molecular complexity index is 404. The van der Waals surface area contributed by atoms with Gasteiger partial charge >= 0.3 is 0 Å². The molecule has 1 aliphatic heterocycles. The van der Waals surface area contributed by atoms with Crippen LogP contribution >= 0.6 is 0 Å². The minimum atomic E-state index is 0.0920. The van der Waals surface area contributed by atoms with Gasteiger partial charge in [-0.25, -0.2) is 4.98 Å². The maximum absolute atomic E-state index is 4.60. The van der Waals surface area contributed by atoms with Gasteiger partial charge in [0.15, 0.2) is 0 Å². The number of likely N-dealkylation sites (tertiary alicyclic amines) is 1. The van der Waals surface area contributed by atoms with E-state index < -0.39 is 0 Å². The lowest BCUT2D eigenvalue weighted by Gasteiger charge is -2.46. The molecule has 4 heteroatoms. The molecule has 0 radical (unpaired) electrons. The van der Waals surface area contributed by atoms with Crippen LogP contribution in [0.15, 0.2) is 12.4 Å². The van der Waals surface area contributed by atoms with Crippen LogP contribution in [0.3, 0.4) is 0 Å². The van der Waals surface area contributed by atoms with Gasteiger partial charge in [0.25, 0.3) is 0 Å². The predicted octanol–water partition coefficient (Wildman–Crippen LogP) is 2.73. The molecular formula is C16H30N4. The highest BCUT2D eigenvalue weighted by molar-refractivity contribution is 5.08. The van der Waals surface area contributed by atoms with Crippen molar-refractivity contribution in [3.8, 4) is 0 Å². The Morgan fingerprint density at radius 3 is 2.55 bits per heavy atom. The number of rotatable bonds is 6. The number of aromatic nitrogens is 2. The van der Waals surface area contributed by atoms with E-state index in [0.717, 1.165) is 18.8 Å². The zero-order chi connectivity index (χ0) is 14.6. The van der Waals surface area contributed by atoms with Crippen molar-refractivity contribution < 1.29 is 0 Å². The molecular weight excluding hydrogens is 248 g/mol. The summed E-state index contributed by atoms with van der Waals surface area (Å²) < 4.78 is 2.15. The Hall–Kier alpha value is -0.870. The molecule has 1 saturated heterocycles. The summed E-state index contributed by atoms with van der Waals surface area (Å²) in [5.74, 6) is 1.15. The summed E-state index contributed by atoms with van der Waals surface area (Å²) in [6.45, 7) is 10.4. The van der Waals surface area contributed by atoms with Crippen LogP contribution in [0.2, 0.25) is 0 Å². The largest absolute Gasteiger partial charge is 0.337 e. The smallest absolute Gasteiger partial charge is 0.127 e. The Kier molecular flexibility index (Phi) is 5.22. The highest BCUT2D eigenvalue weighted by Crippen LogP contribution is 2.32. The van der Waals surface area contributed by atoms with Gasteiger partial charge in [-0.3, -0.25) is 4.90 Å². The van der Waals surface area contributed by atoms with Crippen LogP contribution in [0.4, 0.5) is 0 Å². The average Bonchev–Trinajstić information content (AvgIpc) is 2.86. The Labute approximate surface area is 123 Å². The summed E-state index contributed by atoms with van der Waals surface area (Å²) in [4.78, 5) is 7.24. The van der Waals surface area contributed by atoms with Crippen LogP contribution in [0, 0.1) is 0 Å². The lowest BCUT2D eigenvalue weighted by atomic mass is 9.89. The maximum Gasteiger partial charge on any atom is 0.127 e. The van der Waals surface area contributed by atoms with Gasteiger partial charge in [0.2, 0.25) is 0 Å². The fraction of sp³-hybridized carbons (Fsp3) is 0.812. The van der Waals surface area contributed by atoms with Gasteiger partial charge in [-0.15, -0.1) is 0 Å². The first kappa shape index (κ1) is 15.5. The molecule has 0 bridgehead atoms. The molecule has 0 amide bonds. The Morgan fingerprint density at radius 2 is 2.00 bits per heavy atom. The van der Waals surface area contributed by atoms with Crippen LogP contribution in [0.25, 0.3) is 0 Å². The van der Waals surface area contributed by atoms with Crippen LogP contribution in [-0.4, -0.2) is 39.6 Å². The summed E-state index contributed by atoms with van der Waals surface area (Å²) in [7, 11) is 2.09. The number of imidazole rings is 1. The third kappa shape index (κ3) is 3.23. The Balaban J connectivity index is 2.22. The molecule has 1 aromatic heterocycles. The van der Waals surface area contributed by atoms with Crippen molar-refractivity contribution in [1.29, 1.82) is 0 Å². The summed E-state index contributed by atoms with van der Waals surface area (Å²) in [6, 6.07) is 0.278. The Morgan fingerprint density at radius 1 is 1.30 bits per heavy atom. The fourth-order valence-electron chi connectivity index (χ4n) is 3.25. The van der Waals surface area contributed by atoms with Crippen LogP contribution in [0.5, 0.6) is 0 Å². The van der Waals surface area contributed by atoms with Crippen molar-refractivity contribution in [3.63, 3.8) is 0 Å². The SMILES string of the molecule is CCCNC(c1nccn1C)C(C)(C)N1CCCCC1. The van der Waals surface area contributed by atoms with Crippen molar-refractivity contribution >= 4 is 0 Å². The highest BCUT2D eigenvalue weighted by atomic mass is 15.2. The van der Waals surface area contributed by atoms with E-state index in [9.17, 15) is 0 Å². The zero-order valence-electron chi connectivity index (χ0n) is 13.5. The molecule has 1 atom stereocenters. The average molecular weight is 278 g/mol. The molecule has 1 aromatic rings. The molecule has 1 aliphatic rings. The van der Waals surface area contributed by atoms with Crippen LogP contribution < -0.4 is 5.32 Å². The van der Waals surface area contributed by atoms with Gasteiger partial charge in [-0.05, 0) is 52.7 Å². The van der Waals surface area contributed by atoms with Gasteiger partial charge in [0, 0.05) is 25.0 Å². The second kappa shape index (κ2) is 6.72. The number of hydrogen-bond donors (Lipinski definition) is 1. The molecule has 0 saturated carbocycles. The van der Waals surface area contributed by atoms with Crippen molar-refractivity contribution in [2.24, 2.45) is 7.05 Å². The van der Waals surface area contributed by atoms with Crippen LogP contribution in [0.1, 0.15) is 58.3 Å². The summed E-state index contributed by atoms with van der Waals surface area (Å²) in [5.41, 5.74) is 0.0920. The number of piperidine rings is 1. The van der Waals surface area contributed by atoms with Crippen molar-refractivity contribution in [2.75, 3.05) is 19.6 Å². The van der Waals surface area contributed by atoms with E-state index in [1.807, 2.05) is 12.4 Å². The second-order valence-corrected chi connectivity index (χ2v) is 6.48. The molecule has 1 fully saturated rings. The molecule has 1 unspecified atom stereocenters. The number of hydrogen-bond acceptors (Lipinski definition) is 3. The van der Waals surface area contributed by atoms with Crippen molar-refractivity contribution in [3.05, 3.63) is 18.2 Å². The highest BCUT2D eigenvalue weighted by Gasteiger charge is 2.38. The normalized spacial score (nSPS) is 19.2. The molecule has 20 heavy (non-hydrogen) atoms. The van der Waals surface area contributed by atoms with E-state index >= 15 is 0 Å². The molecule has 0 spiro atoms. The topological polar surface area (TPSA) is 33.1 Å². The van der Waals surface area contributed by atoms with E-state index in [2.05, 4.69) is 47.6 Å². The van der Waals surface area contributed by atoms with Crippen molar-refractivity contribution in [2.45, 2.75) is 58.0 Å². The van der Waals surface area contributed by atoms with Gasteiger partial charge in [-0.2, -0.15) is 0 Å². The van der Waals surface area contributed by atoms with E-state index in [4.69, 9.17) is 0 Å². The summed E-state index contributed by atoms with van der Waals surface area (Å²) >= 11 is 0. The molecule has 0 aliphatic carbocycles. The van der Waals surface area contributed by atoms with E-state index in [1.165, 1.54) is 32.4 Å². The van der Waals surface area contributed by atoms with E-state index in [1.54, 1.807) is 0 Å². The molecule has 1 N–H and O–H groups in total. The van der Waals surface area contributed by atoms with Gasteiger partial charge in [-0.1, -0.05) is 13.3 Å². The summed E-state index contributed by atoms with van der Waals surface area (Å²) in [5, 5.41) is 3.73. The monoisotopic (exact) mass is 278 g/mol. The zero-order valence-corrected chi connectivity index (χ0v) is 13.5. The minimum absolute atomic E-state index is 0.0920. The van der Waals surface area contributed by atoms with E-state index in [0.29, 0.717) is 0 Å². The van der Waals surface area contributed by atoms with Crippen LogP contribution in [-0.2, 0) is 7.05 Å². The third-order valence-corrected chi connectivity index (χ3v) is 4.59. The first-order valence-electron chi connectivity index (χ1n) is 8.03. The van der Waals surface area contributed by atoms with Gasteiger partial charge < -0.3 is 9.88 Å². The lowest BCUT2D eigenvalue weighted by molar-refractivity contribution is 0.0571. The predicted molar refractivity (Wildman–Crippen MR) is 83.7 cm³/mol.